The van der Waals surface area contributed by atoms with E-state index in [1.54, 1.807) is 17.0 Å². The molecule has 0 bridgehead atoms. The van der Waals surface area contributed by atoms with Gasteiger partial charge in [0.25, 0.3) is 11.6 Å². The number of benzene rings is 2. The highest BCUT2D eigenvalue weighted by atomic mass is 32.1. The monoisotopic (exact) mass is 386 g/mol. The SMILES string of the molecule is O=C(c1cccc(F)c1)N1CCN(c2nc3ccc([N+](=O)[O-])cc3s2)CC1. The van der Waals surface area contributed by atoms with Crippen LogP contribution >= 0.6 is 11.3 Å². The van der Waals surface area contributed by atoms with E-state index in [1.807, 2.05) is 0 Å². The third kappa shape index (κ3) is 3.45. The third-order valence-corrected chi connectivity index (χ3v) is 5.56. The molecule has 0 radical (unpaired) electrons. The Kier molecular flexibility index (Phi) is 4.44. The number of nitro groups is 1. The smallest absolute Gasteiger partial charge is 0.270 e. The molecule has 9 heteroatoms. The zero-order valence-corrected chi connectivity index (χ0v) is 15.0. The van der Waals surface area contributed by atoms with Crippen molar-refractivity contribution in [1.29, 1.82) is 0 Å². The number of nitro benzene ring substituents is 1. The van der Waals surface area contributed by atoms with Gasteiger partial charge in [0.15, 0.2) is 5.13 Å². The summed E-state index contributed by atoms with van der Waals surface area (Å²) in [5.74, 6) is -0.614. The van der Waals surface area contributed by atoms with Crippen molar-refractivity contribution in [3.63, 3.8) is 0 Å². The van der Waals surface area contributed by atoms with Gasteiger partial charge in [0.05, 0.1) is 15.1 Å². The van der Waals surface area contributed by atoms with Crippen LogP contribution in [-0.4, -0.2) is 46.9 Å². The Bertz CT molecular complexity index is 1030. The van der Waals surface area contributed by atoms with Gasteiger partial charge in [-0.2, -0.15) is 0 Å². The number of aromatic nitrogens is 1. The Morgan fingerprint density at radius 3 is 2.63 bits per heavy atom. The summed E-state index contributed by atoms with van der Waals surface area (Å²) in [5, 5.41) is 11.7. The van der Waals surface area contributed by atoms with Crippen molar-refractivity contribution in [2.24, 2.45) is 0 Å². The predicted molar refractivity (Wildman–Crippen MR) is 101 cm³/mol. The highest BCUT2D eigenvalue weighted by molar-refractivity contribution is 7.22. The van der Waals surface area contributed by atoms with Gasteiger partial charge in [-0.1, -0.05) is 17.4 Å². The molecule has 0 N–H and O–H groups in total. The van der Waals surface area contributed by atoms with E-state index in [-0.39, 0.29) is 11.6 Å². The van der Waals surface area contributed by atoms with Crippen LogP contribution < -0.4 is 4.90 Å². The van der Waals surface area contributed by atoms with Crippen LogP contribution in [0.3, 0.4) is 0 Å². The van der Waals surface area contributed by atoms with Crippen molar-refractivity contribution in [3.8, 4) is 0 Å². The molecule has 0 atom stereocenters. The van der Waals surface area contributed by atoms with E-state index in [4.69, 9.17) is 0 Å². The first-order valence-corrected chi connectivity index (χ1v) is 9.18. The number of carbonyl (C=O) groups is 1. The number of carbonyl (C=O) groups excluding carboxylic acids is 1. The van der Waals surface area contributed by atoms with Gasteiger partial charge in [0.1, 0.15) is 5.82 Å². The molecule has 138 valence electrons. The summed E-state index contributed by atoms with van der Waals surface area (Å²) in [6, 6.07) is 10.3. The number of hydrogen-bond acceptors (Lipinski definition) is 6. The maximum Gasteiger partial charge on any atom is 0.270 e. The zero-order chi connectivity index (χ0) is 19.0. The lowest BCUT2D eigenvalue weighted by atomic mass is 10.2. The molecule has 1 amide bonds. The average Bonchev–Trinajstić information content (AvgIpc) is 3.11. The largest absolute Gasteiger partial charge is 0.345 e. The fourth-order valence-electron chi connectivity index (χ4n) is 3.05. The Morgan fingerprint density at radius 1 is 1.15 bits per heavy atom. The first-order valence-electron chi connectivity index (χ1n) is 8.36. The van der Waals surface area contributed by atoms with E-state index in [9.17, 15) is 19.3 Å². The Morgan fingerprint density at radius 2 is 1.93 bits per heavy atom. The van der Waals surface area contributed by atoms with Crippen LogP contribution in [0.15, 0.2) is 42.5 Å². The minimum absolute atomic E-state index is 0.0446. The van der Waals surface area contributed by atoms with Crippen molar-refractivity contribution in [2.45, 2.75) is 0 Å². The molecule has 1 aliphatic heterocycles. The van der Waals surface area contributed by atoms with Crippen molar-refractivity contribution in [2.75, 3.05) is 31.1 Å². The summed E-state index contributed by atoms with van der Waals surface area (Å²) in [7, 11) is 0. The summed E-state index contributed by atoms with van der Waals surface area (Å²) in [4.78, 5) is 31.3. The second kappa shape index (κ2) is 6.92. The summed E-state index contributed by atoms with van der Waals surface area (Å²) in [6.07, 6.45) is 0. The Labute approximate surface area is 157 Å². The number of non-ortho nitro benzene ring substituents is 1. The quantitative estimate of drug-likeness (QED) is 0.510. The molecular formula is C18H15FN4O3S. The van der Waals surface area contributed by atoms with Crippen LogP contribution in [-0.2, 0) is 0 Å². The number of amides is 1. The molecule has 0 unspecified atom stereocenters. The van der Waals surface area contributed by atoms with Crippen molar-refractivity contribution in [1.82, 2.24) is 9.88 Å². The van der Waals surface area contributed by atoms with E-state index < -0.39 is 10.7 Å². The molecule has 1 aromatic heterocycles. The van der Waals surface area contributed by atoms with Crippen LogP contribution in [0.1, 0.15) is 10.4 Å². The van der Waals surface area contributed by atoms with Gasteiger partial charge in [0.2, 0.25) is 0 Å². The third-order valence-electron chi connectivity index (χ3n) is 4.48. The molecule has 2 heterocycles. The number of hydrogen-bond donors (Lipinski definition) is 0. The molecule has 3 aromatic rings. The van der Waals surface area contributed by atoms with Crippen LogP contribution in [0, 0.1) is 15.9 Å². The number of anilines is 1. The van der Waals surface area contributed by atoms with Crippen LogP contribution in [0.4, 0.5) is 15.2 Å². The summed E-state index contributed by atoms with van der Waals surface area (Å²) >= 11 is 1.40. The van der Waals surface area contributed by atoms with Crippen molar-refractivity contribution in [3.05, 3.63) is 64.0 Å². The van der Waals surface area contributed by atoms with Gasteiger partial charge in [-0.25, -0.2) is 9.37 Å². The molecule has 4 rings (SSSR count). The number of nitrogens with zero attached hydrogens (tertiary/aromatic N) is 4. The van der Waals surface area contributed by atoms with Crippen molar-refractivity contribution >= 4 is 38.3 Å². The van der Waals surface area contributed by atoms with Gasteiger partial charge in [0, 0.05) is 43.9 Å². The number of thiazole rings is 1. The second-order valence-electron chi connectivity index (χ2n) is 6.20. The minimum Gasteiger partial charge on any atom is -0.345 e. The minimum atomic E-state index is -0.428. The molecule has 2 aromatic carbocycles. The normalized spacial score (nSPS) is 14.6. The Hall–Kier alpha value is -3.07. The fraction of sp³-hybridized carbons (Fsp3) is 0.222. The van der Waals surface area contributed by atoms with E-state index >= 15 is 0 Å². The standard InChI is InChI=1S/C18H15FN4O3S/c19-13-3-1-2-12(10-13)17(24)21-6-8-22(9-7-21)18-20-15-5-4-14(23(25)26)11-16(15)27-18/h1-5,10-11H,6-9H2. The molecule has 0 spiro atoms. The highest BCUT2D eigenvalue weighted by Gasteiger charge is 2.24. The highest BCUT2D eigenvalue weighted by Crippen LogP contribution is 2.31. The Balaban J connectivity index is 1.46. The van der Waals surface area contributed by atoms with Gasteiger partial charge in [-0.15, -0.1) is 0 Å². The maximum atomic E-state index is 13.3. The number of halogens is 1. The summed E-state index contributed by atoms with van der Waals surface area (Å²) < 4.78 is 14.1. The first-order chi connectivity index (χ1) is 13.0. The van der Waals surface area contributed by atoms with Crippen molar-refractivity contribution < 1.29 is 14.1 Å². The zero-order valence-electron chi connectivity index (χ0n) is 14.2. The van der Waals surface area contributed by atoms with E-state index in [2.05, 4.69) is 9.88 Å². The molecule has 1 saturated heterocycles. The molecule has 1 aliphatic rings. The number of piperazine rings is 1. The predicted octanol–water partition coefficient (Wildman–Crippen LogP) is 3.31. The van der Waals surface area contributed by atoms with Gasteiger partial charge in [-0.05, 0) is 24.3 Å². The summed E-state index contributed by atoms with van der Waals surface area (Å²) in [6.45, 7) is 2.21. The van der Waals surface area contributed by atoms with E-state index in [0.717, 1.165) is 15.3 Å². The van der Waals surface area contributed by atoms with Crippen LogP contribution in [0.5, 0.6) is 0 Å². The van der Waals surface area contributed by atoms with Crippen LogP contribution in [0.2, 0.25) is 0 Å². The fourth-order valence-corrected chi connectivity index (χ4v) is 4.11. The van der Waals surface area contributed by atoms with Gasteiger partial charge >= 0.3 is 0 Å². The van der Waals surface area contributed by atoms with E-state index in [0.29, 0.717) is 31.7 Å². The maximum absolute atomic E-state index is 13.3. The summed E-state index contributed by atoms with van der Waals surface area (Å²) in [5.41, 5.74) is 1.11. The topological polar surface area (TPSA) is 79.6 Å². The molecule has 0 aliphatic carbocycles. The molecule has 7 nitrogen and oxygen atoms in total. The number of rotatable bonds is 3. The molecular weight excluding hydrogens is 371 g/mol. The lowest BCUT2D eigenvalue weighted by molar-refractivity contribution is -0.384. The van der Waals surface area contributed by atoms with Gasteiger partial charge < -0.3 is 9.80 Å². The van der Waals surface area contributed by atoms with E-state index in [1.165, 1.54) is 41.7 Å². The first kappa shape index (κ1) is 17.3. The second-order valence-corrected chi connectivity index (χ2v) is 7.20. The lowest BCUT2D eigenvalue weighted by Crippen LogP contribution is -2.48. The van der Waals surface area contributed by atoms with Crippen LogP contribution in [0.25, 0.3) is 10.2 Å². The lowest BCUT2D eigenvalue weighted by Gasteiger charge is -2.34. The number of fused-ring (bicyclic) bond motifs is 1. The molecule has 1 fully saturated rings. The molecule has 27 heavy (non-hydrogen) atoms. The van der Waals surface area contributed by atoms with Gasteiger partial charge in [-0.3, -0.25) is 14.9 Å². The average molecular weight is 386 g/mol. The molecule has 0 saturated carbocycles.